The second kappa shape index (κ2) is 10.2. The fraction of sp³-hybridized carbons (Fsp3) is 0.588. The maximum absolute atomic E-state index is 12.3. The summed E-state index contributed by atoms with van der Waals surface area (Å²) in [6, 6.07) is 4.71. The van der Waals surface area contributed by atoms with Crippen molar-refractivity contribution in [1.29, 1.82) is 0 Å². The van der Waals surface area contributed by atoms with Crippen LogP contribution in [0.5, 0.6) is 0 Å². The van der Waals surface area contributed by atoms with E-state index in [1.165, 1.54) is 26.2 Å². The molecule has 1 atom stereocenters. The molecule has 0 bridgehead atoms. The topological polar surface area (TPSA) is 91.0 Å². The average Bonchev–Trinajstić information content (AvgIpc) is 3.07. The molecule has 2 N–H and O–H groups in total. The number of hydrogen-bond acceptors (Lipinski definition) is 6. The molecule has 27 heavy (non-hydrogen) atoms. The van der Waals surface area contributed by atoms with E-state index >= 15 is 0 Å². The molecule has 1 saturated heterocycles. The van der Waals surface area contributed by atoms with Gasteiger partial charge in [-0.1, -0.05) is 0 Å². The second-order valence-corrected chi connectivity index (χ2v) is 8.83. The number of carbonyl (C=O) groups excluding carboxylic acids is 1. The second-order valence-electron chi connectivity index (χ2n) is 6.67. The van der Waals surface area contributed by atoms with Gasteiger partial charge in [-0.15, -0.1) is 12.4 Å². The summed E-state index contributed by atoms with van der Waals surface area (Å²) in [4.78, 5) is 14.2. The molecule has 0 saturated carbocycles. The number of carbonyl (C=O) groups is 1. The Balaban J connectivity index is 0.00000364. The smallest absolute Gasteiger partial charge is 0.242 e. The predicted octanol–water partition coefficient (Wildman–Crippen LogP) is 1.13. The predicted molar refractivity (Wildman–Crippen MR) is 109 cm³/mol. The summed E-state index contributed by atoms with van der Waals surface area (Å²) >= 11 is 0. The first-order chi connectivity index (χ1) is 12.2. The van der Waals surface area contributed by atoms with Gasteiger partial charge in [0.2, 0.25) is 15.9 Å². The van der Waals surface area contributed by atoms with Gasteiger partial charge in [-0.3, -0.25) is 4.79 Å². The molecule has 0 radical (unpaired) electrons. The van der Waals surface area contributed by atoms with Gasteiger partial charge in [0.25, 0.3) is 0 Å². The van der Waals surface area contributed by atoms with Gasteiger partial charge in [0.1, 0.15) is 0 Å². The van der Waals surface area contributed by atoms with Crippen LogP contribution < -0.4 is 15.5 Å². The molecule has 10 heteroatoms. The zero-order chi connectivity index (χ0) is 19.3. The molecule has 0 spiro atoms. The van der Waals surface area contributed by atoms with Crippen LogP contribution in [0.2, 0.25) is 0 Å². The fourth-order valence-corrected chi connectivity index (χ4v) is 3.65. The van der Waals surface area contributed by atoms with Crippen molar-refractivity contribution in [2.45, 2.75) is 23.8 Å². The molecular weight excluding hydrogens is 392 g/mol. The van der Waals surface area contributed by atoms with Crippen molar-refractivity contribution in [2.75, 3.05) is 58.1 Å². The van der Waals surface area contributed by atoms with E-state index < -0.39 is 10.0 Å². The first kappa shape index (κ1) is 23.6. The quantitative estimate of drug-likeness (QED) is 0.655. The maximum atomic E-state index is 12.3. The number of halogens is 1. The largest absolute Gasteiger partial charge is 0.377 e. The molecule has 1 aromatic carbocycles. The molecule has 1 amide bonds. The van der Waals surface area contributed by atoms with E-state index in [2.05, 4.69) is 10.6 Å². The monoisotopic (exact) mass is 420 g/mol. The number of nitrogens with one attached hydrogen (secondary N) is 2. The van der Waals surface area contributed by atoms with E-state index in [9.17, 15) is 13.2 Å². The van der Waals surface area contributed by atoms with Crippen molar-refractivity contribution in [1.82, 2.24) is 9.62 Å². The lowest BCUT2D eigenvalue weighted by Gasteiger charge is -2.20. The van der Waals surface area contributed by atoms with Crippen LogP contribution in [0, 0.1) is 0 Å². The van der Waals surface area contributed by atoms with Gasteiger partial charge in [-0.05, 0) is 31.0 Å². The zero-order valence-corrected chi connectivity index (χ0v) is 17.8. The van der Waals surface area contributed by atoms with Gasteiger partial charge in [0.15, 0.2) is 0 Å². The number of hydrogen-bond donors (Lipinski definition) is 2. The highest BCUT2D eigenvalue weighted by atomic mass is 35.5. The van der Waals surface area contributed by atoms with Crippen LogP contribution in [0.4, 0.5) is 11.4 Å². The Morgan fingerprint density at radius 1 is 1.26 bits per heavy atom. The normalized spacial score (nSPS) is 16.9. The average molecular weight is 421 g/mol. The van der Waals surface area contributed by atoms with E-state index in [0.29, 0.717) is 12.2 Å². The summed E-state index contributed by atoms with van der Waals surface area (Å²) in [5.74, 6) is -0.231. The van der Waals surface area contributed by atoms with E-state index in [1.54, 1.807) is 6.07 Å². The molecule has 1 aromatic rings. The highest BCUT2D eigenvalue weighted by molar-refractivity contribution is 7.89. The number of ether oxygens (including phenoxy) is 1. The Hall–Kier alpha value is -1.39. The van der Waals surface area contributed by atoms with Crippen LogP contribution in [-0.4, -0.2) is 72.6 Å². The number of benzene rings is 1. The Labute approximate surface area is 167 Å². The van der Waals surface area contributed by atoms with Crippen molar-refractivity contribution in [3.63, 3.8) is 0 Å². The molecule has 1 heterocycles. The lowest BCUT2D eigenvalue weighted by molar-refractivity contribution is -0.115. The molecule has 1 unspecified atom stereocenters. The van der Waals surface area contributed by atoms with E-state index in [1.807, 2.05) is 19.0 Å². The van der Waals surface area contributed by atoms with Crippen LogP contribution >= 0.6 is 12.4 Å². The number of nitrogens with zero attached hydrogens (tertiary/aromatic N) is 2. The van der Waals surface area contributed by atoms with Gasteiger partial charge in [0.05, 0.1) is 28.9 Å². The molecule has 154 valence electrons. The maximum Gasteiger partial charge on any atom is 0.242 e. The van der Waals surface area contributed by atoms with Gasteiger partial charge < -0.3 is 20.3 Å². The Kier molecular flexibility index (Phi) is 8.97. The van der Waals surface area contributed by atoms with E-state index in [0.717, 1.165) is 29.4 Å². The third kappa shape index (κ3) is 6.32. The summed E-state index contributed by atoms with van der Waals surface area (Å²) < 4.78 is 31.3. The molecule has 8 nitrogen and oxygen atoms in total. The summed E-state index contributed by atoms with van der Waals surface area (Å²) in [7, 11) is 3.04. The van der Waals surface area contributed by atoms with Crippen LogP contribution in [0.1, 0.15) is 12.8 Å². The molecular formula is C17H29ClN4O4S. The summed E-state index contributed by atoms with van der Waals surface area (Å²) in [6.07, 6.45) is 2.22. The lowest BCUT2D eigenvalue weighted by atomic mass is 10.2. The van der Waals surface area contributed by atoms with Crippen molar-refractivity contribution in [3.05, 3.63) is 18.2 Å². The van der Waals surface area contributed by atoms with Crippen LogP contribution in [0.3, 0.4) is 0 Å². The Morgan fingerprint density at radius 3 is 2.52 bits per heavy atom. The number of anilines is 2. The van der Waals surface area contributed by atoms with E-state index in [-0.39, 0.29) is 35.9 Å². The Morgan fingerprint density at radius 2 is 1.96 bits per heavy atom. The third-order valence-electron chi connectivity index (χ3n) is 4.18. The van der Waals surface area contributed by atoms with Crippen LogP contribution in [0.25, 0.3) is 0 Å². The molecule has 1 aliphatic rings. The minimum atomic E-state index is -3.57. The van der Waals surface area contributed by atoms with Crippen molar-refractivity contribution in [2.24, 2.45) is 0 Å². The standard InChI is InChI=1S/C17H28N4O4S.ClH/c1-20(2)16-8-7-14(26(23,24)21(3)4)10-15(16)19-17(22)12-18-11-13-6-5-9-25-13;/h7-8,10,13,18H,5-6,9,11-12H2,1-4H3,(H,19,22);1H. The zero-order valence-electron chi connectivity index (χ0n) is 16.2. The summed E-state index contributed by atoms with van der Waals surface area (Å²) in [5, 5.41) is 5.88. The highest BCUT2D eigenvalue weighted by Gasteiger charge is 2.20. The number of sulfonamides is 1. The fourth-order valence-electron chi connectivity index (χ4n) is 2.72. The van der Waals surface area contributed by atoms with E-state index in [4.69, 9.17) is 4.74 Å². The van der Waals surface area contributed by atoms with Gasteiger partial charge >= 0.3 is 0 Å². The number of rotatable bonds is 8. The minimum Gasteiger partial charge on any atom is -0.377 e. The Bertz CT molecular complexity index is 734. The van der Waals surface area contributed by atoms with Crippen LogP contribution in [-0.2, 0) is 19.6 Å². The number of amides is 1. The lowest BCUT2D eigenvalue weighted by Crippen LogP contribution is -2.34. The first-order valence-electron chi connectivity index (χ1n) is 8.58. The summed E-state index contributed by atoms with van der Waals surface area (Å²) in [6.45, 7) is 1.54. The molecule has 0 aromatic heterocycles. The molecule has 1 fully saturated rings. The highest BCUT2D eigenvalue weighted by Crippen LogP contribution is 2.28. The van der Waals surface area contributed by atoms with Crippen molar-refractivity contribution >= 4 is 39.7 Å². The minimum absolute atomic E-state index is 0. The van der Waals surface area contributed by atoms with Crippen LogP contribution in [0.15, 0.2) is 23.1 Å². The van der Waals surface area contributed by atoms with Crippen molar-refractivity contribution in [3.8, 4) is 0 Å². The first-order valence-corrected chi connectivity index (χ1v) is 10.0. The SMILES string of the molecule is CN(C)c1ccc(S(=O)(=O)N(C)C)cc1NC(=O)CNCC1CCCO1.Cl. The van der Waals surface area contributed by atoms with Gasteiger partial charge in [-0.25, -0.2) is 12.7 Å². The third-order valence-corrected chi connectivity index (χ3v) is 6.00. The van der Waals surface area contributed by atoms with Crippen molar-refractivity contribution < 1.29 is 17.9 Å². The van der Waals surface area contributed by atoms with Gasteiger partial charge in [0, 0.05) is 41.3 Å². The molecule has 2 rings (SSSR count). The molecule has 0 aliphatic carbocycles. The summed E-state index contributed by atoms with van der Waals surface area (Å²) in [5.41, 5.74) is 1.19. The molecule has 1 aliphatic heterocycles. The van der Waals surface area contributed by atoms with Gasteiger partial charge in [-0.2, -0.15) is 0 Å².